The highest BCUT2D eigenvalue weighted by Gasteiger charge is 2.19. The van der Waals surface area contributed by atoms with Gasteiger partial charge in [0, 0.05) is 12.1 Å². The number of aliphatic hydroxyl groups is 1. The summed E-state index contributed by atoms with van der Waals surface area (Å²) in [5.74, 6) is -3.87. The topological polar surface area (TPSA) is 38.0 Å². The molecule has 0 amide bonds. The van der Waals surface area contributed by atoms with Crippen molar-refractivity contribution in [3.63, 3.8) is 0 Å². The molecule has 0 saturated heterocycles. The highest BCUT2D eigenvalue weighted by Crippen LogP contribution is 2.24. The lowest BCUT2D eigenvalue weighted by atomic mass is 10.1. The largest absolute Gasteiger partial charge is 0.386 e. The highest BCUT2D eigenvalue weighted by atomic mass is 19.2. The van der Waals surface area contributed by atoms with Crippen molar-refractivity contribution in [1.29, 1.82) is 0 Å². The molecule has 0 fully saturated rings. The van der Waals surface area contributed by atoms with E-state index in [1.54, 1.807) is 0 Å². The monoisotopic (exact) mass is 310 g/mol. The van der Waals surface area contributed by atoms with Crippen molar-refractivity contribution in [2.75, 3.05) is 0 Å². The quantitative estimate of drug-likeness (QED) is 0.754. The molecule has 1 unspecified atom stereocenters. The van der Waals surface area contributed by atoms with Crippen LogP contribution in [0, 0.1) is 23.3 Å². The molecule has 0 spiro atoms. The molecule has 7 heteroatoms. The van der Waals surface area contributed by atoms with Gasteiger partial charge in [-0.05, 0) is 12.1 Å². The van der Waals surface area contributed by atoms with E-state index in [4.69, 9.17) is 0 Å². The first kappa shape index (κ1) is 14.5. The summed E-state index contributed by atoms with van der Waals surface area (Å²) in [6, 6.07) is 5.08. The van der Waals surface area contributed by atoms with Crippen LogP contribution in [-0.4, -0.2) is 14.7 Å². The smallest absolute Gasteiger partial charge is 0.161 e. The molecule has 0 aliphatic rings. The molecular formula is C15H10F4N2O. The number of aromatic nitrogens is 2. The molecule has 3 rings (SSSR count). The van der Waals surface area contributed by atoms with Crippen LogP contribution >= 0.6 is 0 Å². The van der Waals surface area contributed by atoms with E-state index in [1.807, 2.05) is 0 Å². The maximum absolute atomic E-state index is 13.6. The standard InChI is InChI=1S/C15H10F4N2O/c16-8-2-1-3-9(17)15(8)14(22)6-21-7-20-12-4-10(18)11(19)5-13(12)21/h1-5,7,14,22H,6H2. The van der Waals surface area contributed by atoms with Gasteiger partial charge in [0.2, 0.25) is 0 Å². The van der Waals surface area contributed by atoms with Crippen LogP contribution in [-0.2, 0) is 6.54 Å². The summed E-state index contributed by atoms with van der Waals surface area (Å²) in [7, 11) is 0. The van der Waals surface area contributed by atoms with Crippen LogP contribution in [0.5, 0.6) is 0 Å². The molecular weight excluding hydrogens is 300 g/mol. The molecule has 114 valence electrons. The Kier molecular flexibility index (Phi) is 3.58. The zero-order valence-corrected chi connectivity index (χ0v) is 11.1. The zero-order chi connectivity index (χ0) is 15.9. The summed E-state index contributed by atoms with van der Waals surface area (Å²) in [6.07, 6.45) is -0.252. The minimum Gasteiger partial charge on any atom is -0.386 e. The van der Waals surface area contributed by atoms with E-state index in [1.165, 1.54) is 17.0 Å². The third-order valence-corrected chi connectivity index (χ3v) is 3.37. The van der Waals surface area contributed by atoms with E-state index < -0.39 is 34.9 Å². The van der Waals surface area contributed by atoms with Gasteiger partial charge < -0.3 is 9.67 Å². The van der Waals surface area contributed by atoms with E-state index in [2.05, 4.69) is 4.98 Å². The summed E-state index contributed by atoms with van der Waals surface area (Å²) in [5.41, 5.74) is -0.0817. The second-order valence-corrected chi connectivity index (χ2v) is 4.80. The van der Waals surface area contributed by atoms with Gasteiger partial charge in [-0.15, -0.1) is 0 Å². The van der Waals surface area contributed by atoms with Crippen molar-refractivity contribution in [2.45, 2.75) is 12.6 Å². The normalized spacial score (nSPS) is 12.8. The first-order valence-corrected chi connectivity index (χ1v) is 6.39. The third kappa shape index (κ3) is 2.43. The van der Waals surface area contributed by atoms with Crippen molar-refractivity contribution in [2.24, 2.45) is 0 Å². The second-order valence-electron chi connectivity index (χ2n) is 4.80. The van der Waals surface area contributed by atoms with Crippen LogP contribution in [0.25, 0.3) is 11.0 Å². The Morgan fingerprint density at radius 2 is 1.64 bits per heavy atom. The van der Waals surface area contributed by atoms with Crippen molar-refractivity contribution in [3.8, 4) is 0 Å². The van der Waals surface area contributed by atoms with Crippen molar-refractivity contribution in [1.82, 2.24) is 9.55 Å². The lowest BCUT2D eigenvalue weighted by molar-refractivity contribution is 0.148. The van der Waals surface area contributed by atoms with E-state index in [9.17, 15) is 22.7 Å². The van der Waals surface area contributed by atoms with Gasteiger partial charge in [-0.3, -0.25) is 0 Å². The Hall–Kier alpha value is -2.41. The average molecular weight is 310 g/mol. The predicted molar refractivity (Wildman–Crippen MR) is 71.0 cm³/mol. The minimum absolute atomic E-state index is 0.181. The Bertz CT molecular complexity index is 827. The van der Waals surface area contributed by atoms with Crippen LogP contribution < -0.4 is 0 Å². The first-order chi connectivity index (χ1) is 10.5. The molecule has 0 saturated carbocycles. The van der Waals surface area contributed by atoms with Crippen molar-refractivity contribution in [3.05, 3.63) is 65.5 Å². The van der Waals surface area contributed by atoms with Gasteiger partial charge in [0.25, 0.3) is 0 Å². The van der Waals surface area contributed by atoms with E-state index in [-0.39, 0.29) is 17.6 Å². The maximum Gasteiger partial charge on any atom is 0.161 e. The van der Waals surface area contributed by atoms with E-state index >= 15 is 0 Å². The third-order valence-electron chi connectivity index (χ3n) is 3.37. The Morgan fingerprint density at radius 1 is 1.00 bits per heavy atom. The number of halogens is 4. The fourth-order valence-electron chi connectivity index (χ4n) is 2.31. The number of hydrogen-bond donors (Lipinski definition) is 1. The number of rotatable bonds is 3. The highest BCUT2D eigenvalue weighted by molar-refractivity contribution is 5.75. The second kappa shape index (κ2) is 5.42. The summed E-state index contributed by atoms with van der Waals surface area (Å²) >= 11 is 0. The molecule has 3 nitrogen and oxygen atoms in total. The molecule has 0 bridgehead atoms. The molecule has 1 N–H and O–H groups in total. The number of imidazole rings is 1. The molecule has 1 aromatic heterocycles. The number of benzene rings is 2. The van der Waals surface area contributed by atoms with Crippen molar-refractivity contribution < 1.29 is 22.7 Å². The molecule has 3 aromatic rings. The van der Waals surface area contributed by atoms with Gasteiger partial charge in [0.15, 0.2) is 11.6 Å². The SMILES string of the molecule is OC(Cn1cnc2cc(F)c(F)cc21)c1c(F)cccc1F. The molecule has 22 heavy (non-hydrogen) atoms. The lowest BCUT2D eigenvalue weighted by Crippen LogP contribution is -2.11. The molecule has 0 radical (unpaired) electrons. The van der Waals surface area contributed by atoms with E-state index in [0.717, 1.165) is 24.3 Å². The average Bonchev–Trinajstić information content (AvgIpc) is 2.81. The van der Waals surface area contributed by atoms with Gasteiger partial charge in [0.1, 0.15) is 17.7 Å². The summed E-state index contributed by atoms with van der Waals surface area (Å²) in [5, 5.41) is 10.0. The van der Waals surface area contributed by atoms with Crippen molar-refractivity contribution >= 4 is 11.0 Å². The van der Waals surface area contributed by atoms with Gasteiger partial charge >= 0.3 is 0 Å². The fourth-order valence-corrected chi connectivity index (χ4v) is 2.31. The van der Waals surface area contributed by atoms with E-state index in [0.29, 0.717) is 0 Å². The molecule has 1 atom stereocenters. The van der Waals surface area contributed by atoms with Gasteiger partial charge in [-0.2, -0.15) is 0 Å². The number of aliphatic hydroxyl groups excluding tert-OH is 1. The summed E-state index contributed by atoms with van der Waals surface area (Å²) in [4.78, 5) is 3.87. The van der Waals surface area contributed by atoms with Crippen LogP contribution in [0.3, 0.4) is 0 Å². The Morgan fingerprint density at radius 3 is 2.32 bits per heavy atom. The summed E-state index contributed by atoms with van der Waals surface area (Å²) < 4.78 is 55.0. The zero-order valence-electron chi connectivity index (χ0n) is 11.1. The molecule has 0 aliphatic carbocycles. The number of hydrogen-bond acceptors (Lipinski definition) is 2. The number of fused-ring (bicyclic) bond motifs is 1. The molecule has 0 aliphatic heterocycles. The van der Waals surface area contributed by atoms with Crippen LogP contribution in [0.1, 0.15) is 11.7 Å². The number of nitrogens with zero attached hydrogens (tertiary/aromatic N) is 2. The van der Waals surface area contributed by atoms with Crippen LogP contribution in [0.4, 0.5) is 17.6 Å². The minimum atomic E-state index is -1.49. The fraction of sp³-hybridized carbons (Fsp3) is 0.133. The summed E-state index contributed by atoms with van der Waals surface area (Å²) in [6.45, 7) is -0.251. The predicted octanol–water partition coefficient (Wildman–Crippen LogP) is 3.33. The first-order valence-electron chi connectivity index (χ1n) is 6.39. The van der Waals surface area contributed by atoms with Gasteiger partial charge in [0.05, 0.1) is 29.5 Å². The lowest BCUT2D eigenvalue weighted by Gasteiger charge is -2.14. The molecule has 1 heterocycles. The van der Waals surface area contributed by atoms with Gasteiger partial charge in [-0.1, -0.05) is 6.07 Å². The van der Waals surface area contributed by atoms with Gasteiger partial charge in [-0.25, -0.2) is 22.5 Å². The van der Waals surface area contributed by atoms with Crippen LogP contribution in [0.15, 0.2) is 36.7 Å². The Labute approximate surface area is 122 Å². The maximum atomic E-state index is 13.6. The van der Waals surface area contributed by atoms with Crippen LogP contribution in [0.2, 0.25) is 0 Å². The Balaban J connectivity index is 1.98. The molecule has 2 aromatic carbocycles.